The van der Waals surface area contributed by atoms with Crippen LogP contribution in [0.3, 0.4) is 0 Å². The lowest BCUT2D eigenvalue weighted by Gasteiger charge is -2.26. The van der Waals surface area contributed by atoms with Crippen molar-refractivity contribution in [1.82, 2.24) is 0 Å². The molecule has 0 aliphatic heterocycles. The van der Waals surface area contributed by atoms with Crippen molar-refractivity contribution in [3.05, 3.63) is 0 Å². The average Bonchev–Trinajstić information content (AvgIpc) is 1.80. The van der Waals surface area contributed by atoms with Gasteiger partial charge >= 0.3 is 0 Å². The average molecular weight is 130 g/mol. The monoisotopic (exact) mass is 130 g/mol. The first kappa shape index (κ1) is 7.04. The Kier molecular flexibility index (Phi) is 2.09. The van der Waals surface area contributed by atoms with E-state index in [1.165, 1.54) is 6.42 Å². The van der Waals surface area contributed by atoms with Gasteiger partial charge in [0.05, 0.1) is 0 Å². The Morgan fingerprint density at radius 2 is 1.89 bits per heavy atom. The first-order valence-electron chi connectivity index (χ1n) is 3.84. The molecular weight excluding hydrogens is 115 g/mol. The second kappa shape index (κ2) is 2.68. The molecule has 54 valence electrons. The van der Waals surface area contributed by atoms with Gasteiger partial charge in [0.25, 0.3) is 0 Å². The first-order valence-corrected chi connectivity index (χ1v) is 3.84. The SMILES string of the molecule is CC1CCC(C)C(F)C1. The summed E-state index contributed by atoms with van der Waals surface area (Å²) in [5.74, 6) is 0.942. The second-order valence-corrected chi connectivity index (χ2v) is 3.41. The summed E-state index contributed by atoms with van der Waals surface area (Å²) in [6.45, 7) is 4.15. The molecule has 0 aromatic carbocycles. The third-order valence-electron chi connectivity index (χ3n) is 2.36. The molecule has 0 spiro atoms. The Bertz CT molecular complexity index is 90.6. The minimum Gasteiger partial charge on any atom is -0.247 e. The van der Waals surface area contributed by atoms with Gasteiger partial charge in [-0.15, -0.1) is 0 Å². The molecule has 1 heteroatoms. The normalized spacial score (nSPS) is 45.0. The van der Waals surface area contributed by atoms with Crippen molar-refractivity contribution in [3.8, 4) is 0 Å². The fraction of sp³-hybridized carbons (Fsp3) is 1.00. The summed E-state index contributed by atoms with van der Waals surface area (Å²) in [5, 5.41) is 0. The molecule has 3 atom stereocenters. The molecule has 0 bridgehead atoms. The molecular formula is C8H15F. The Morgan fingerprint density at radius 1 is 1.22 bits per heavy atom. The molecule has 1 fully saturated rings. The zero-order valence-corrected chi connectivity index (χ0v) is 6.23. The zero-order valence-electron chi connectivity index (χ0n) is 6.23. The molecule has 0 aromatic rings. The summed E-state index contributed by atoms with van der Waals surface area (Å²) in [6.07, 6.45) is 2.58. The van der Waals surface area contributed by atoms with Crippen molar-refractivity contribution >= 4 is 0 Å². The highest BCUT2D eigenvalue weighted by atomic mass is 19.1. The van der Waals surface area contributed by atoms with E-state index in [4.69, 9.17) is 0 Å². The molecule has 0 aromatic heterocycles. The highest BCUT2D eigenvalue weighted by Crippen LogP contribution is 2.30. The third kappa shape index (κ3) is 1.67. The van der Waals surface area contributed by atoms with Crippen LogP contribution >= 0.6 is 0 Å². The molecule has 0 heterocycles. The van der Waals surface area contributed by atoms with Crippen LogP contribution in [-0.2, 0) is 0 Å². The summed E-state index contributed by atoms with van der Waals surface area (Å²) in [6, 6.07) is 0. The molecule has 0 N–H and O–H groups in total. The topological polar surface area (TPSA) is 0 Å². The minimum absolute atomic E-state index is 0.321. The van der Waals surface area contributed by atoms with Crippen molar-refractivity contribution in [2.75, 3.05) is 0 Å². The van der Waals surface area contributed by atoms with E-state index in [1.54, 1.807) is 0 Å². The highest BCUT2D eigenvalue weighted by Gasteiger charge is 2.24. The molecule has 1 aliphatic rings. The summed E-state index contributed by atoms with van der Waals surface area (Å²) >= 11 is 0. The Morgan fingerprint density at radius 3 is 2.33 bits per heavy atom. The van der Waals surface area contributed by atoms with Gasteiger partial charge in [-0.1, -0.05) is 20.3 Å². The quantitative estimate of drug-likeness (QED) is 0.473. The molecule has 1 rings (SSSR count). The van der Waals surface area contributed by atoms with E-state index in [-0.39, 0.29) is 0 Å². The lowest BCUT2D eigenvalue weighted by Crippen LogP contribution is -2.22. The van der Waals surface area contributed by atoms with E-state index in [0.717, 1.165) is 12.8 Å². The number of hydrogen-bond acceptors (Lipinski definition) is 0. The van der Waals surface area contributed by atoms with Crippen molar-refractivity contribution in [3.63, 3.8) is 0 Å². The van der Waals surface area contributed by atoms with Gasteiger partial charge in [0.15, 0.2) is 0 Å². The lowest BCUT2D eigenvalue weighted by atomic mass is 9.83. The maximum atomic E-state index is 12.8. The standard InChI is InChI=1S/C8H15F/c1-6-3-4-7(2)8(9)5-6/h6-8H,3-5H2,1-2H3. The van der Waals surface area contributed by atoms with Crippen LogP contribution in [0.15, 0.2) is 0 Å². The van der Waals surface area contributed by atoms with Crippen LogP contribution in [0.1, 0.15) is 33.1 Å². The van der Waals surface area contributed by atoms with Crippen LogP contribution in [0.2, 0.25) is 0 Å². The van der Waals surface area contributed by atoms with E-state index in [9.17, 15) is 4.39 Å². The van der Waals surface area contributed by atoms with Gasteiger partial charge in [0.2, 0.25) is 0 Å². The van der Waals surface area contributed by atoms with E-state index in [2.05, 4.69) is 6.92 Å². The van der Waals surface area contributed by atoms with Crippen LogP contribution in [0.4, 0.5) is 4.39 Å². The predicted molar refractivity (Wildman–Crippen MR) is 37.1 cm³/mol. The van der Waals surface area contributed by atoms with Gasteiger partial charge in [-0.2, -0.15) is 0 Å². The summed E-state index contributed by atoms with van der Waals surface area (Å²) in [7, 11) is 0. The van der Waals surface area contributed by atoms with Crippen LogP contribution < -0.4 is 0 Å². The molecule has 3 unspecified atom stereocenters. The third-order valence-corrected chi connectivity index (χ3v) is 2.36. The van der Waals surface area contributed by atoms with Gasteiger partial charge in [-0.3, -0.25) is 0 Å². The molecule has 0 nitrogen and oxygen atoms in total. The molecule has 1 aliphatic carbocycles. The summed E-state index contributed by atoms with van der Waals surface area (Å²) < 4.78 is 12.8. The molecule has 1 saturated carbocycles. The number of rotatable bonds is 0. The van der Waals surface area contributed by atoms with Crippen LogP contribution in [0.25, 0.3) is 0 Å². The van der Waals surface area contributed by atoms with Gasteiger partial charge in [-0.25, -0.2) is 4.39 Å². The largest absolute Gasteiger partial charge is 0.247 e. The van der Waals surface area contributed by atoms with Crippen LogP contribution in [0.5, 0.6) is 0 Å². The fourth-order valence-corrected chi connectivity index (χ4v) is 1.46. The smallest absolute Gasteiger partial charge is 0.103 e. The van der Waals surface area contributed by atoms with Gasteiger partial charge in [-0.05, 0) is 24.7 Å². The maximum Gasteiger partial charge on any atom is 0.103 e. The van der Waals surface area contributed by atoms with Crippen LogP contribution in [-0.4, -0.2) is 6.17 Å². The molecule has 9 heavy (non-hydrogen) atoms. The van der Waals surface area contributed by atoms with E-state index >= 15 is 0 Å². The predicted octanol–water partition coefficient (Wildman–Crippen LogP) is 2.78. The summed E-state index contributed by atoms with van der Waals surface area (Å²) in [5.41, 5.74) is 0. The summed E-state index contributed by atoms with van der Waals surface area (Å²) in [4.78, 5) is 0. The molecule has 0 amide bonds. The van der Waals surface area contributed by atoms with Crippen molar-refractivity contribution in [2.45, 2.75) is 39.3 Å². The zero-order chi connectivity index (χ0) is 6.85. The van der Waals surface area contributed by atoms with Crippen molar-refractivity contribution in [2.24, 2.45) is 11.8 Å². The van der Waals surface area contributed by atoms with Crippen molar-refractivity contribution < 1.29 is 4.39 Å². The number of halogens is 1. The number of hydrogen-bond donors (Lipinski definition) is 0. The number of alkyl halides is 1. The van der Waals surface area contributed by atoms with Crippen molar-refractivity contribution in [1.29, 1.82) is 0 Å². The van der Waals surface area contributed by atoms with E-state index in [1.807, 2.05) is 6.92 Å². The first-order chi connectivity index (χ1) is 4.20. The Balaban J connectivity index is 2.35. The molecule has 0 radical (unpaired) electrons. The molecule has 0 saturated heterocycles. The fourth-order valence-electron chi connectivity index (χ4n) is 1.46. The maximum absolute atomic E-state index is 12.8. The second-order valence-electron chi connectivity index (χ2n) is 3.41. The van der Waals surface area contributed by atoms with Gasteiger partial charge in [0.1, 0.15) is 6.17 Å². The van der Waals surface area contributed by atoms with Crippen LogP contribution in [0, 0.1) is 11.8 Å². The Hall–Kier alpha value is -0.0700. The van der Waals surface area contributed by atoms with Gasteiger partial charge in [0, 0.05) is 0 Å². The minimum atomic E-state index is -0.520. The van der Waals surface area contributed by atoms with E-state index in [0.29, 0.717) is 11.8 Å². The highest BCUT2D eigenvalue weighted by molar-refractivity contribution is 4.74. The van der Waals surface area contributed by atoms with E-state index < -0.39 is 6.17 Å². The van der Waals surface area contributed by atoms with Gasteiger partial charge < -0.3 is 0 Å². The Labute approximate surface area is 56.5 Å². The lowest BCUT2D eigenvalue weighted by molar-refractivity contribution is 0.145.